The van der Waals surface area contributed by atoms with Gasteiger partial charge in [0.05, 0.1) is 5.56 Å². The van der Waals surface area contributed by atoms with E-state index < -0.39 is 11.7 Å². The monoisotopic (exact) mass is 271 g/mol. The third kappa shape index (κ3) is 3.72. The lowest BCUT2D eigenvalue weighted by atomic mass is 9.93. The van der Waals surface area contributed by atoms with Gasteiger partial charge in [-0.05, 0) is 43.4 Å². The normalized spacial score (nSPS) is 23.8. The maximum absolute atomic E-state index is 12.7. The van der Waals surface area contributed by atoms with Crippen LogP contribution in [0.15, 0.2) is 24.3 Å². The highest BCUT2D eigenvalue weighted by Crippen LogP contribution is 2.32. The number of hydrogen-bond donors (Lipinski definition) is 1. The first-order valence-electron chi connectivity index (χ1n) is 6.90. The minimum atomic E-state index is -4.24. The highest BCUT2D eigenvalue weighted by atomic mass is 19.4. The fraction of sp³-hybridized carbons (Fsp3) is 0.600. The van der Waals surface area contributed by atoms with E-state index in [0.29, 0.717) is 12.0 Å². The van der Waals surface area contributed by atoms with Crippen molar-refractivity contribution in [1.29, 1.82) is 0 Å². The van der Waals surface area contributed by atoms with Crippen LogP contribution in [-0.2, 0) is 12.6 Å². The van der Waals surface area contributed by atoms with Gasteiger partial charge in [-0.15, -0.1) is 0 Å². The minimum Gasteiger partial charge on any atom is -0.314 e. The molecule has 0 saturated heterocycles. The van der Waals surface area contributed by atoms with E-state index in [1.54, 1.807) is 6.07 Å². The van der Waals surface area contributed by atoms with Crippen molar-refractivity contribution < 1.29 is 13.2 Å². The van der Waals surface area contributed by atoms with Crippen molar-refractivity contribution in [1.82, 2.24) is 5.32 Å². The first-order valence-corrected chi connectivity index (χ1v) is 6.90. The van der Waals surface area contributed by atoms with Gasteiger partial charge in [0.1, 0.15) is 0 Å². The summed E-state index contributed by atoms with van der Waals surface area (Å²) in [6, 6.07) is 6.20. The zero-order valence-electron chi connectivity index (χ0n) is 11.1. The third-order valence-corrected chi connectivity index (χ3v) is 3.88. The first kappa shape index (κ1) is 14.4. The van der Waals surface area contributed by atoms with E-state index in [1.165, 1.54) is 18.6 Å². The second-order valence-electron chi connectivity index (χ2n) is 5.26. The van der Waals surface area contributed by atoms with Crippen LogP contribution in [0.1, 0.15) is 37.3 Å². The molecular formula is C15H20F3N. The molecule has 0 radical (unpaired) electrons. The predicted molar refractivity (Wildman–Crippen MR) is 70.0 cm³/mol. The van der Waals surface area contributed by atoms with Crippen LogP contribution in [0.5, 0.6) is 0 Å². The summed E-state index contributed by atoms with van der Waals surface area (Å²) in [7, 11) is 0. The molecule has 1 aliphatic rings. The molecule has 2 rings (SSSR count). The molecule has 2 unspecified atom stereocenters. The van der Waals surface area contributed by atoms with Crippen LogP contribution in [-0.4, -0.2) is 12.6 Å². The highest BCUT2D eigenvalue weighted by molar-refractivity contribution is 5.26. The van der Waals surface area contributed by atoms with Gasteiger partial charge in [0.25, 0.3) is 0 Å². The van der Waals surface area contributed by atoms with Crippen LogP contribution in [0.3, 0.4) is 0 Å². The largest absolute Gasteiger partial charge is 0.416 e. The summed E-state index contributed by atoms with van der Waals surface area (Å²) in [5.74, 6) is 0.462. The molecule has 0 amide bonds. The lowest BCUT2D eigenvalue weighted by molar-refractivity contribution is -0.137. The van der Waals surface area contributed by atoms with Gasteiger partial charge in [-0.2, -0.15) is 13.2 Å². The smallest absolute Gasteiger partial charge is 0.314 e. The Morgan fingerprint density at radius 2 is 2.05 bits per heavy atom. The second-order valence-corrected chi connectivity index (χ2v) is 5.26. The van der Waals surface area contributed by atoms with E-state index >= 15 is 0 Å². The Morgan fingerprint density at radius 1 is 1.26 bits per heavy atom. The number of hydrogen-bond acceptors (Lipinski definition) is 1. The van der Waals surface area contributed by atoms with Crippen molar-refractivity contribution >= 4 is 0 Å². The fourth-order valence-electron chi connectivity index (χ4n) is 2.99. The average Bonchev–Trinajstić information content (AvgIpc) is 2.77. The van der Waals surface area contributed by atoms with Gasteiger partial charge in [0, 0.05) is 6.04 Å². The van der Waals surface area contributed by atoms with Gasteiger partial charge in [-0.25, -0.2) is 0 Å². The molecule has 2 atom stereocenters. The Labute approximate surface area is 112 Å². The Hall–Kier alpha value is -1.03. The summed E-state index contributed by atoms with van der Waals surface area (Å²) in [5, 5.41) is 3.44. The summed E-state index contributed by atoms with van der Waals surface area (Å²) < 4.78 is 38.0. The van der Waals surface area contributed by atoms with E-state index in [4.69, 9.17) is 0 Å². The van der Waals surface area contributed by atoms with E-state index in [2.05, 4.69) is 12.2 Å². The zero-order valence-corrected chi connectivity index (χ0v) is 11.1. The molecule has 1 saturated carbocycles. The maximum atomic E-state index is 12.7. The van der Waals surface area contributed by atoms with E-state index in [1.807, 2.05) is 0 Å². The molecule has 19 heavy (non-hydrogen) atoms. The van der Waals surface area contributed by atoms with Gasteiger partial charge in [-0.1, -0.05) is 31.5 Å². The van der Waals surface area contributed by atoms with Crippen LogP contribution in [0.25, 0.3) is 0 Å². The quantitative estimate of drug-likeness (QED) is 0.872. The summed E-state index contributed by atoms with van der Waals surface area (Å²) in [6.45, 7) is 2.99. The van der Waals surface area contributed by atoms with Crippen LogP contribution in [0.4, 0.5) is 13.2 Å². The molecule has 106 valence electrons. The lowest BCUT2D eigenvalue weighted by Gasteiger charge is -2.20. The first-order chi connectivity index (χ1) is 9.00. The summed E-state index contributed by atoms with van der Waals surface area (Å²) in [6.07, 6.45) is -0.0962. The van der Waals surface area contributed by atoms with Crippen molar-refractivity contribution in [3.05, 3.63) is 35.4 Å². The van der Waals surface area contributed by atoms with E-state index in [-0.39, 0.29) is 0 Å². The Kier molecular flexibility index (Phi) is 4.50. The summed E-state index contributed by atoms with van der Waals surface area (Å²) >= 11 is 0. The Bertz CT molecular complexity index is 414. The number of halogens is 3. The highest BCUT2D eigenvalue weighted by Gasteiger charge is 2.31. The topological polar surface area (TPSA) is 12.0 Å². The molecule has 0 aliphatic heterocycles. The lowest BCUT2D eigenvalue weighted by Crippen LogP contribution is -2.33. The van der Waals surface area contributed by atoms with Crippen molar-refractivity contribution in [2.45, 2.75) is 44.8 Å². The number of benzene rings is 1. The number of rotatable bonds is 4. The van der Waals surface area contributed by atoms with Gasteiger partial charge in [0.15, 0.2) is 0 Å². The van der Waals surface area contributed by atoms with Crippen LogP contribution in [0, 0.1) is 5.92 Å². The molecule has 4 heteroatoms. The number of alkyl halides is 3. The molecular weight excluding hydrogens is 251 g/mol. The molecule has 1 nitrogen and oxygen atoms in total. The molecule has 1 aromatic carbocycles. The molecule has 1 fully saturated rings. The molecule has 0 spiro atoms. The third-order valence-electron chi connectivity index (χ3n) is 3.88. The predicted octanol–water partition coefficient (Wildman–Crippen LogP) is 4.03. The number of nitrogens with one attached hydrogen (secondary N) is 1. The van der Waals surface area contributed by atoms with E-state index in [9.17, 15) is 13.2 Å². The molecule has 0 aromatic heterocycles. The average molecular weight is 271 g/mol. The zero-order chi connectivity index (χ0) is 13.9. The molecule has 1 aromatic rings. The summed E-state index contributed by atoms with van der Waals surface area (Å²) in [4.78, 5) is 0. The van der Waals surface area contributed by atoms with Gasteiger partial charge in [0.2, 0.25) is 0 Å². The van der Waals surface area contributed by atoms with Gasteiger partial charge >= 0.3 is 6.18 Å². The standard InChI is InChI=1S/C15H20F3N/c1-2-19-14-8-4-6-12(14)9-11-5-3-7-13(10-11)15(16,17)18/h3,5,7,10,12,14,19H,2,4,6,8-9H2,1H3. The van der Waals surface area contributed by atoms with Gasteiger partial charge in [-0.3, -0.25) is 0 Å². The molecule has 0 bridgehead atoms. The van der Waals surface area contributed by atoms with Crippen molar-refractivity contribution in [3.8, 4) is 0 Å². The van der Waals surface area contributed by atoms with Crippen molar-refractivity contribution in [3.63, 3.8) is 0 Å². The van der Waals surface area contributed by atoms with Crippen LogP contribution in [0.2, 0.25) is 0 Å². The Balaban J connectivity index is 2.06. The van der Waals surface area contributed by atoms with Crippen LogP contribution < -0.4 is 5.32 Å². The van der Waals surface area contributed by atoms with Crippen LogP contribution >= 0.6 is 0 Å². The Morgan fingerprint density at radius 3 is 2.74 bits per heavy atom. The molecule has 0 heterocycles. The van der Waals surface area contributed by atoms with E-state index in [0.717, 1.165) is 37.4 Å². The van der Waals surface area contributed by atoms with Crippen molar-refractivity contribution in [2.75, 3.05) is 6.54 Å². The molecule has 1 N–H and O–H groups in total. The second kappa shape index (κ2) is 5.95. The van der Waals surface area contributed by atoms with Crippen molar-refractivity contribution in [2.24, 2.45) is 5.92 Å². The SMILES string of the molecule is CCNC1CCCC1Cc1cccc(C(F)(F)F)c1. The fourth-order valence-corrected chi connectivity index (χ4v) is 2.99. The summed E-state index contributed by atoms with van der Waals surface area (Å²) in [5.41, 5.74) is 0.257. The molecule has 1 aliphatic carbocycles. The maximum Gasteiger partial charge on any atom is 0.416 e. The minimum absolute atomic E-state index is 0.458. The van der Waals surface area contributed by atoms with Gasteiger partial charge < -0.3 is 5.32 Å².